The number of carbonyl (C=O) groups excluding carboxylic acids is 1. The highest BCUT2D eigenvalue weighted by Gasteiger charge is 2.14. The molecule has 0 aliphatic carbocycles. The molecule has 1 heterocycles. The minimum Gasteiger partial charge on any atom is -0.411 e. The van der Waals surface area contributed by atoms with E-state index in [0.717, 1.165) is 11.8 Å². The van der Waals surface area contributed by atoms with Crippen molar-refractivity contribution in [2.24, 2.45) is 0 Å². The summed E-state index contributed by atoms with van der Waals surface area (Å²) in [5, 5.41) is 12.5. The second-order valence-electron chi connectivity index (χ2n) is 4.96. The lowest BCUT2D eigenvalue weighted by atomic mass is 10.2. The van der Waals surface area contributed by atoms with Gasteiger partial charge in [-0.2, -0.15) is 0 Å². The molecule has 0 atom stereocenters. The van der Waals surface area contributed by atoms with E-state index in [0.29, 0.717) is 31.3 Å². The molecule has 0 spiro atoms. The minimum absolute atomic E-state index is 0.0544. The highest BCUT2D eigenvalue weighted by atomic mass is 35.5. The molecule has 3 rings (SSSR count). The summed E-state index contributed by atoms with van der Waals surface area (Å²) in [6.45, 7) is 0. The van der Waals surface area contributed by atoms with Crippen LogP contribution in [0.15, 0.2) is 46.0 Å². The van der Waals surface area contributed by atoms with Crippen LogP contribution in [-0.2, 0) is 4.79 Å². The number of nitrogens with zero attached hydrogens (tertiary/aromatic N) is 2. The van der Waals surface area contributed by atoms with Crippen molar-refractivity contribution >= 4 is 69.8 Å². The minimum atomic E-state index is -0.288. The molecule has 1 N–H and O–H groups in total. The molecular formula is C16H9Cl4N3O2S. The Hall–Kier alpha value is -1.44. The van der Waals surface area contributed by atoms with Crippen molar-refractivity contribution in [2.75, 3.05) is 11.1 Å². The van der Waals surface area contributed by atoms with Crippen LogP contribution in [0, 0.1) is 0 Å². The van der Waals surface area contributed by atoms with Gasteiger partial charge < -0.3 is 9.73 Å². The number of nitrogens with one attached hydrogen (secondary N) is 1. The molecule has 10 heteroatoms. The van der Waals surface area contributed by atoms with E-state index in [4.69, 9.17) is 50.8 Å². The van der Waals surface area contributed by atoms with Crippen LogP contribution >= 0.6 is 58.2 Å². The van der Waals surface area contributed by atoms with Crippen LogP contribution in [0.5, 0.6) is 0 Å². The molecular weight excluding hydrogens is 440 g/mol. The molecule has 2 aromatic carbocycles. The normalized spacial score (nSPS) is 10.8. The summed E-state index contributed by atoms with van der Waals surface area (Å²) in [6, 6.07) is 9.74. The maximum atomic E-state index is 12.1. The largest absolute Gasteiger partial charge is 0.411 e. The van der Waals surface area contributed by atoms with Crippen LogP contribution < -0.4 is 5.32 Å². The third-order valence-corrected chi connectivity index (χ3v) is 5.03. The van der Waals surface area contributed by atoms with Crippen molar-refractivity contribution in [1.82, 2.24) is 10.2 Å². The van der Waals surface area contributed by atoms with E-state index in [1.807, 2.05) is 0 Å². The molecule has 5 nitrogen and oxygen atoms in total. The van der Waals surface area contributed by atoms with Gasteiger partial charge in [0.1, 0.15) is 0 Å². The maximum Gasteiger partial charge on any atom is 0.277 e. The SMILES string of the molecule is O=C(CSc1nnc(-c2ccc(Cl)cc2Cl)o1)Nc1cc(Cl)ccc1Cl. The Morgan fingerprint density at radius 2 is 1.73 bits per heavy atom. The standard InChI is InChI=1S/C16H9Cl4N3O2S/c17-8-1-3-10(12(20)5-8)15-22-23-16(25-15)26-7-14(24)21-13-6-9(18)2-4-11(13)19/h1-6H,7H2,(H,21,24). The number of halogens is 4. The predicted octanol–water partition coefficient (Wildman–Crippen LogP) is 6.08. The van der Waals surface area contributed by atoms with Crippen molar-refractivity contribution in [2.45, 2.75) is 5.22 Å². The molecule has 26 heavy (non-hydrogen) atoms. The molecule has 0 aliphatic rings. The van der Waals surface area contributed by atoms with Gasteiger partial charge in [-0.05, 0) is 36.4 Å². The number of aromatic nitrogens is 2. The van der Waals surface area contributed by atoms with E-state index in [1.54, 1.807) is 36.4 Å². The van der Waals surface area contributed by atoms with Crippen molar-refractivity contribution < 1.29 is 9.21 Å². The number of carbonyl (C=O) groups is 1. The average Bonchev–Trinajstić information content (AvgIpc) is 3.05. The van der Waals surface area contributed by atoms with Gasteiger partial charge in [0.2, 0.25) is 11.8 Å². The van der Waals surface area contributed by atoms with E-state index < -0.39 is 0 Å². The first-order chi connectivity index (χ1) is 12.4. The van der Waals surface area contributed by atoms with E-state index >= 15 is 0 Å². The maximum absolute atomic E-state index is 12.1. The van der Waals surface area contributed by atoms with Crippen LogP contribution in [0.4, 0.5) is 5.69 Å². The van der Waals surface area contributed by atoms with Gasteiger partial charge >= 0.3 is 0 Å². The van der Waals surface area contributed by atoms with Gasteiger partial charge in [-0.25, -0.2) is 0 Å². The van der Waals surface area contributed by atoms with Crippen LogP contribution in [-0.4, -0.2) is 21.9 Å². The van der Waals surface area contributed by atoms with Crippen molar-refractivity contribution in [3.63, 3.8) is 0 Å². The molecule has 0 aliphatic heterocycles. The molecule has 0 bridgehead atoms. The number of hydrogen-bond acceptors (Lipinski definition) is 5. The first kappa shape index (κ1) is 19.3. The summed E-state index contributed by atoms with van der Waals surface area (Å²) < 4.78 is 5.52. The topological polar surface area (TPSA) is 68.0 Å². The van der Waals surface area contributed by atoms with Gasteiger partial charge in [-0.15, -0.1) is 10.2 Å². The molecule has 0 saturated carbocycles. The molecule has 1 amide bonds. The van der Waals surface area contributed by atoms with Gasteiger partial charge in [-0.1, -0.05) is 58.2 Å². The number of thioether (sulfide) groups is 1. The molecule has 134 valence electrons. The summed E-state index contributed by atoms with van der Waals surface area (Å²) in [5.41, 5.74) is 0.995. The Morgan fingerprint density at radius 3 is 2.50 bits per heavy atom. The van der Waals surface area contributed by atoms with E-state index in [9.17, 15) is 4.79 Å². The number of amides is 1. The first-order valence-electron chi connectivity index (χ1n) is 7.09. The fourth-order valence-electron chi connectivity index (χ4n) is 1.95. The Morgan fingerprint density at radius 1 is 1.00 bits per heavy atom. The molecule has 0 fully saturated rings. The highest BCUT2D eigenvalue weighted by molar-refractivity contribution is 7.99. The molecule has 0 saturated heterocycles. The molecule has 1 aromatic heterocycles. The lowest BCUT2D eigenvalue weighted by molar-refractivity contribution is -0.113. The zero-order chi connectivity index (χ0) is 18.7. The van der Waals surface area contributed by atoms with Gasteiger partial charge in [0.25, 0.3) is 5.22 Å². The number of hydrogen-bond donors (Lipinski definition) is 1. The molecule has 0 radical (unpaired) electrons. The zero-order valence-electron chi connectivity index (χ0n) is 12.8. The summed E-state index contributed by atoms with van der Waals surface area (Å²) in [4.78, 5) is 12.1. The van der Waals surface area contributed by atoms with Crippen LogP contribution in [0.25, 0.3) is 11.5 Å². The highest BCUT2D eigenvalue weighted by Crippen LogP contribution is 2.31. The molecule has 3 aromatic rings. The van der Waals surface area contributed by atoms with Gasteiger partial charge in [0, 0.05) is 10.0 Å². The Balaban J connectivity index is 1.62. The second-order valence-corrected chi connectivity index (χ2v) is 7.57. The van der Waals surface area contributed by atoms with E-state index in [2.05, 4.69) is 15.5 Å². The summed E-state index contributed by atoms with van der Waals surface area (Å²) in [6.07, 6.45) is 0. The van der Waals surface area contributed by atoms with E-state index in [-0.39, 0.29) is 22.8 Å². The van der Waals surface area contributed by atoms with Crippen molar-refractivity contribution in [3.05, 3.63) is 56.5 Å². The van der Waals surface area contributed by atoms with Crippen LogP contribution in [0.2, 0.25) is 20.1 Å². The van der Waals surface area contributed by atoms with Crippen LogP contribution in [0.1, 0.15) is 0 Å². The lowest BCUT2D eigenvalue weighted by Crippen LogP contribution is -2.14. The lowest BCUT2D eigenvalue weighted by Gasteiger charge is -2.06. The predicted molar refractivity (Wildman–Crippen MR) is 106 cm³/mol. The number of rotatable bonds is 5. The summed E-state index contributed by atoms with van der Waals surface area (Å²) in [5.74, 6) is 0.00893. The Labute approximate surface area is 173 Å². The Kier molecular flexibility index (Phi) is 6.32. The Bertz CT molecular complexity index is 964. The van der Waals surface area contributed by atoms with Crippen molar-refractivity contribution in [3.8, 4) is 11.5 Å². The van der Waals surface area contributed by atoms with Crippen molar-refractivity contribution in [1.29, 1.82) is 0 Å². The summed E-state index contributed by atoms with van der Waals surface area (Å²) in [7, 11) is 0. The van der Waals surface area contributed by atoms with E-state index in [1.165, 1.54) is 0 Å². The van der Waals surface area contributed by atoms with Gasteiger partial charge in [0.15, 0.2) is 0 Å². The first-order valence-corrected chi connectivity index (χ1v) is 9.59. The quantitative estimate of drug-likeness (QED) is 0.479. The number of benzene rings is 2. The average molecular weight is 449 g/mol. The van der Waals surface area contributed by atoms with Gasteiger partial charge in [-0.3, -0.25) is 4.79 Å². The third-order valence-electron chi connectivity index (χ3n) is 3.10. The number of anilines is 1. The fourth-order valence-corrected chi connectivity index (χ4v) is 3.34. The second kappa shape index (κ2) is 8.50. The fraction of sp³-hybridized carbons (Fsp3) is 0.0625. The third kappa shape index (κ3) is 4.84. The zero-order valence-corrected chi connectivity index (χ0v) is 16.6. The molecule has 0 unspecified atom stereocenters. The monoisotopic (exact) mass is 447 g/mol. The summed E-state index contributed by atoms with van der Waals surface area (Å²) >= 11 is 25.0. The van der Waals surface area contributed by atoms with Gasteiger partial charge in [0.05, 0.1) is 27.0 Å². The van der Waals surface area contributed by atoms with Crippen LogP contribution in [0.3, 0.4) is 0 Å². The smallest absolute Gasteiger partial charge is 0.277 e.